The molecule has 1 aromatic heterocycles. The van der Waals surface area contributed by atoms with Crippen LogP contribution >= 0.6 is 34.5 Å². The molecule has 162 valence electrons. The van der Waals surface area contributed by atoms with Crippen molar-refractivity contribution in [2.24, 2.45) is 0 Å². The molecule has 1 aliphatic heterocycles. The number of halogens is 2. The molecule has 2 aromatic carbocycles. The number of hydrogen-bond donors (Lipinski definition) is 0. The zero-order chi connectivity index (χ0) is 21.8. The van der Waals surface area contributed by atoms with Gasteiger partial charge < -0.3 is 9.47 Å². The second kappa shape index (κ2) is 10.0. The van der Waals surface area contributed by atoms with E-state index in [-0.39, 0.29) is 18.6 Å². The summed E-state index contributed by atoms with van der Waals surface area (Å²) in [4.78, 5) is 19.5. The van der Waals surface area contributed by atoms with Crippen molar-refractivity contribution >= 4 is 45.6 Å². The molecule has 3 aromatic rings. The quantitative estimate of drug-likeness (QED) is 0.418. The summed E-state index contributed by atoms with van der Waals surface area (Å²) in [6.45, 7) is 3.04. The monoisotopic (exact) mass is 476 g/mol. The standard InChI is InChI=1S/C23H22Cl2N2O3S/c1-15-5-2-3-7-21(15)30-13-22(28)27(12-17-6-4-10-29-17)23-26-20(14-31-23)18-9-8-16(24)11-19(18)25/h2-3,5,7-9,11,14,17H,4,6,10,12-13H2,1H3/t17-/m0/s1. The Hall–Kier alpha value is -2.12. The molecule has 0 unspecified atom stereocenters. The first-order valence-corrected chi connectivity index (χ1v) is 11.7. The average Bonchev–Trinajstić information content (AvgIpc) is 3.43. The van der Waals surface area contributed by atoms with Gasteiger partial charge >= 0.3 is 0 Å². The number of para-hydroxylation sites is 1. The zero-order valence-electron chi connectivity index (χ0n) is 17.0. The number of nitrogens with zero attached hydrogens (tertiary/aromatic N) is 2. The molecule has 5 nitrogen and oxygen atoms in total. The largest absolute Gasteiger partial charge is 0.483 e. The molecule has 0 aliphatic carbocycles. The molecule has 4 rings (SSSR count). The Morgan fingerprint density at radius 3 is 2.87 bits per heavy atom. The zero-order valence-corrected chi connectivity index (χ0v) is 19.3. The maximum absolute atomic E-state index is 13.1. The first-order chi connectivity index (χ1) is 15.0. The lowest BCUT2D eigenvalue weighted by atomic mass is 10.2. The van der Waals surface area contributed by atoms with Gasteiger partial charge in [-0.3, -0.25) is 9.69 Å². The number of rotatable bonds is 7. The fourth-order valence-corrected chi connectivity index (χ4v) is 4.78. The normalized spacial score (nSPS) is 15.8. The second-order valence-corrected chi connectivity index (χ2v) is 9.01. The summed E-state index contributed by atoms with van der Waals surface area (Å²) in [6, 6.07) is 12.9. The second-order valence-electron chi connectivity index (χ2n) is 7.33. The number of anilines is 1. The Labute approximate surface area is 195 Å². The van der Waals surface area contributed by atoms with Crippen LogP contribution < -0.4 is 9.64 Å². The van der Waals surface area contributed by atoms with Crippen molar-refractivity contribution < 1.29 is 14.3 Å². The average molecular weight is 477 g/mol. The highest BCUT2D eigenvalue weighted by Gasteiger charge is 2.26. The van der Waals surface area contributed by atoms with Gasteiger partial charge in [0.1, 0.15) is 5.75 Å². The van der Waals surface area contributed by atoms with Crippen LogP contribution in [0.2, 0.25) is 10.0 Å². The van der Waals surface area contributed by atoms with E-state index in [1.807, 2.05) is 42.6 Å². The maximum Gasteiger partial charge on any atom is 0.266 e. The van der Waals surface area contributed by atoms with Crippen LogP contribution in [0.5, 0.6) is 5.75 Å². The minimum Gasteiger partial charge on any atom is -0.483 e. The van der Waals surface area contributed by atoms with Crippen molar-refractivity contribution in [1.29, 1.82) is 0 Å². The summed E-state index contributed by atoms with van der Waals surface area (Å²) < 4.78 is 11.6. The van der Waals surface area contributed by atoms with Gasteiger partial charge in [0.2, 0.25) is 0 Å². The fourth-order valence-electron chi connectivity index (χ4n) is 3.42. The molecular weight excluding hydrogens is 455 g/mol. The summed E-state index contributed by atoms with van der Waals surface area (Å²) in [5.74, 6) is 0.530. The number of aromatic nitrogens is 1. The van der Waals surface area contributed by atoms with Crippen molar-refractivity contribution in [3.05, 3.63) is 63.5 Å². The molecule has 1 atom stereocenters. The maximum atomic E-state index is 13.1. The highest BCUT2D eigenvalue weighted by atomic mass is 35.5. The van der Waals surface area contributed by atoms with Gasteiger partial charge in [-0.05, 0) is 49.6 Å². The van der Waals surface area contributed by atoms with Crippen LogP contribution in [0.1, 0.15) is 18.4 Å². The SMILES string of the molecule is Cc1ccccc1OCC(=O)N(C[C@@H]1CCCO1)c1nc(-c2ccc(Cl)cc2Cl)cs1. The van der Waals surface area contributed by atoms with Gasteiger partial charge in [0.05, 0.1) is 23.4 Å². The number of benzene rings is 2. The van der Waals surface area contributed by atoms with Gasteiger partial charge in [-0.1, -0.05) is 41.4 Å². The number of thiazole rings is 1. The Bertz CT molecular complexity index is 1070. The summed E-state index contributed by atoms with van der Waals surface area (Å²) in [6.07, 6.45) is 1.91. The summed E-state index contributed by atoms with van der Waals surface area (Å²) in [5.41, 5.74) is 2.45. The van der Waals surface area contributed by atoms with E-state index in [0.717, 1.165) is 30.6 Å². The lowest BCUT2D eigenvalue weighted by Crippen LogP contribution is -2.40. The first-order valence-electron chi connectivity index (χ1n) is 10.0. The third-order valence-electron chi connectivity index (χ3n) is 5.09. The van der Waals surface area contributed by atoms with Crippen LogP contribution in [-0.4, -0.2) is 36.8 Å². The number of ether oxygens (including phenoxy) is 2. The summed E-state index contributed by atoms with van der Waals surface area (Å²) >= 11 is 13.7. The van der Waals surface area contributed by atoms with Gasteiger partial charge in [0.15, 0.2) is 11.7 Å². The van der Waals surface area contributed by atoms with Crippen LogP contribution in [0.25, 0.3) is 11.3 Å². The first kappa shape index (κ1) is 22.1. The van der Waals surface area contributed by atoms with Crippen molar-refractivity contribution in [1.82, 2.24) is 4.98 Å². The van der Waals surface area contributed by atoms with Gasteiger partial charge in [-0.25, -0.2) is 4.98 Å². The van der Waals surface area contributed by atoms with Crippen LogP contribution in [0.15, 0.2) is 47.8 Å². The van der Waals surface area contributed by atoms with Crippen LogP contribution in [-0.2, 0) is 9.53 Å². The van der Waals surface area contributed by atoms with E-state index < -0.39 is 0 Å². The van der Waals surface area contributed by atoms with Crippen molar-refractivity contribution in [2.45, 2.75) is 25.9 Å². The van der Waals surface area contributed by atoms with Gasteiger partial charge in [0.25, 0.3) is 5.91 Å². The number of hydrogen-bond acceptors (Lipinski definition) is 5. The predicted molar refractivity (Wildman–Crippen MR) is 126 cm³/mol. The molecule has 1 amide bonds. The van der Waals surface area contributed by atoms with E-state index in [9.17, 15) is 4.79 Å². The van der Waals surface area contributed by atoms with E-state index in [2.05, 4.69) is 0 Å². The molecule has 0 bridgehead atoms. The van der Waals surface area contributed by atoms with Crippen molar-refractivity contribution in [2.75, 3.05) is 24.7 Å². The molecule has 1 fully saturated rings. The van der Waals surface area contributed by atoms with E-state index in [1.165, 1.54) is 11.3 Å². The Morgan fingerprint density at radius 2 is 2.13 bits per heavy atom. The number of amides is 1. The third kappa shape index (κ3) is 5.39. The van der Waals surface area contributed by atoms with Crippen LogP contribution in [0, 0.1) is 6.92 Å². The lowest BCUT2D eigenvalue weighted by molar-refractivity contribution is -0.120. The Kier molecular flexibility index (Phi) is 7.13. The highest BCUT2D eigenvalue weighted by Crippen LogP contribution is 2.34. The molecule has 2 heterocycles. The van der Waals surface area contributed by atoms with Crippen molar-refractivity contribution in [3.8, 4) is 17.0 Å². The topological polar surface area (TPSA) is 51.7 Å². The molecule has 0 saturated carbocycles. The minimum atomic E-state index is -0.165. The molecular formula is C23H22Cl2N2O3S. The third-order valence-corrected chi connectivity index (χ3v) is 6.50. The number of carbonyl (C=O) groups excluding carboxylic acids is 1. The van der Waals surface area contributed by atoms with Crippen molar-refractivity contribution in [3.63, 3.8) is 0 Å². The fraction of sp³-hybridized carbons (Fsp3) is 0.304. The molecule has 0 N–H and O–H groups in total. The van der Waals surface area contributed by atoms with E-state index in [0.29, 0.717) is 33.2 Å². The van der Waals surface area contributed by atoms with E-state index in [4.69, 9.17) is 37.7 Å². The molecule has 1 saturated heterocycles. The van der Waals surface area contributed by atoms with Crippen LogP contribution in [0.4, 0.5) is 5.13 Å². The summed E-state index contributed by atoms with van der Waals surface area (Å²) in [5, 5.41) is 3.56. The minimum absolute atomic E-state index is 0.00567. The molecule has 1 aliphatic rings. The predicted octanol–water partition coefficient (Wildman–Crippen LogP) is 6.02. The molecule has 0 spiro atoms. The van der Waals surface area contributed by atoms with Crippen LogP contribution in [0.3, 0.4) is 0 Å². The lowest BCUT2D eigenvalue weighted by Gasteiger charge is -2.23. The van der Waals surface area contributed by atoms with E-state index in [1.54, 1.807) is 17.0 Å². The Morgan fingerprint density at radius 1 is 1.29 bits per heavy atom. The van der Waals surface area contributed by atoms with Gasteiger partial charge in [0, 0.05) is 22.6 Å². The highest BCUT2D eigenvalue weighted by molar-refractivity contribution is 7.14. The van der Waals surface area contributed by atoms with Gasteiger partial charge in [-0.15, -0.1) is 11.3 Å². The number of carbonyl (C=O) groups is 1. The summed E-state index contributed by atoms with van der Waals surface area (Å²) in [7, 11) is 0. The smallest absolute Gasteiger partial charge is 0.266 e. The Balaban J connectivity index is 1.55. The van der Waals surface area contributed by atoms with Gasteiger partial charge in [-0.2, -0.15) is 0 Å². The molecule has 0 radical (unpaired) electrons. The van der Waals surface area contributed by atoms with E-state index >= 15 is 0 Å². The molecule has 31 heavy (non-hydrogen) atoms. The number of aryl methyl sites for hydroxylation is 1. The molecule has 8 heteroatoms.